The molecule has 2 heterocycles. The summed E-state index contributed by atoms with van der Waals surface area (Å²) >= 11 is 2.63. The second-order valence-corrected chi connectivity index (χ2v) is 5.66. The first-order chi connectivity index (χ1) is 9.72. The van der Waals surface area contributed by atoms with E-state index in [1.165, 1.54) is 0 Å². The molecule has 0 spiro atoms. The number of hydrogen-bond acceptors (Lipinski definition) is 6. The number of nitrogens with one attached hydrogen (secondary N) is 1. The summed E-state index contributed by atoms with van der Waals surface area (Å²) in [5, 5.41) is 17.3. The Morgan fingerprint density at radius 1 is 1.55 bits per heavy atom. The minimum absolute atomic E-state index is 0.0564. The molecule has 0 aliphatic heterocycles. The highest BCUT2D eigenvalue weighted by Gasteiger charge is 2.13. The predicted molar refractivity (Wildman–Crippen MR) is 78.7 cm³/mol. The lowest BCUT2D eigenvalue weighted by molar-refractivity contribution is 0.0954. The van der Waals surface area contributed by atoms with Crippen molar-refractivity contribution in [3.63, 3.8) is 0 Å². The van der Waals surface area contributed by atoms with Crippen LogP contribution in [0.3, 0.4) is 0 Å². The summed E-state index contributed by atoms with van der Waals surface area (Å²) in [6.07, 6.45) is 0.452. The quantitative estimate of drug-likeness (QED) is 0.841. The average Bonchev–Trinajstić information content (AvgIpc) is 3.05. The number of aliphatic hydroxyl groups is 1. The highest BCUT2D eigenvalue weighted by atomic mass is 32.1. The van der Waals surface area contributed by atoms with E-state index in [1.54, 1.807) is 18.3 Å². The summed E-state index contributed by atoms with van der Waals surface area (Å²) in [5.74, 6) is 5.70. The van der Waals surface area contributed by atoms with Crippen molar-refractivity contribution in [3.8, 4) is 11.8 Å². The van der Waals surface area contributed by atoms with Gasteiger partial charge in [-0.2, -0.15) is 0 Å². The molecule has 1 amide bonds. The van der Waals surface area contributed by atoms with Gasteiger partial charge in [0.05, 0.1) is 18.8 Å². The van der Waals surface area contributed by atoms with Crippen molar-refractivity contribution >= 4 is 28.8 Å². The number of carbonyl (C=O) groups excluding carboxylic acids is 1. The molecule has 104 valence electrons. The highest BCUT2D eigenvalue weighted by molar-refractivity contribution is 7.10. The molecule has 0 aliphatic carbocycles. The third-order valence-electron chi connectivity index (χ3n) is 2.47. The molecule has 0 aliphatic rings. The molecule has 0 saturated heterocycles. The number of aliphatic hydroxyl groups excluding tert-OH is 1. The van der Waals surface area contributed by atoms with Gasteiger partial charge in [-0.05, 0) is 29.9 Å². The van der Waals surface area contributed by atoms with Crippen LogP contribution in [-0.4, -0.2) is 27.2 Å². The monoisotopic (exact) mass is 307 g/mol. The van der Waals surface area contributed by atoms with Gasteiger partial charge < -0.3 is 10.4 Å². The van der Waals surface area contributed by atoms with Gasteiger partial charge in [0.25, 0.3) is 5.91 Å². The predicted octanol–water partition coefficient (Wildman–Crippen LogP) is 1.57. The first-order valence-electron chi connectivity index (χ1n) is 5.95. The Bertz CT molecular complexity index is 652. The summed E-state index contributed by atoms with van der Waals surface area (Å²) in [5.41, 5.74) is 1.53. The van der Waals surface area contributed by atoms with E-state index >= 15 is 0 Å². The molecule has 2 aromatic rings. The van der Waals surface area contributed by atoms with Crippen LogP contribution in [0.2, 0.25) is 0 Å². The normalized spacial score (nSPS) is 9.90. The van der Waals surface area contributed by atoms with Crippen LogP contribution in [0.25, 0.3) is 0 Å². The van der Waals surface area contributed by atoms with Gasteiger partial charge in [-0.25, -0.2) is 0 Å². The molecule has 0 fully saturated rings. The van der Waals surface area contributed by atoms with Crippen LogP contribution in [0.5, 0.6) is 0 Å². The maximum Gasteiger partial charge on any atom is 0.265 e. The van der Waals surface area contributed by atoms with Crippen molar-refractivity contribution in [3.05, 3.63) is 32.5 Å². The fourth-order valence-electron chi connectivity index (χ4n) is 1.48. The zero-order valence-electron chi connectivity index (χ0n) is 10.8. The molecule has 0 aromatic carbocycles. The van der Waals surface area contributed by atoms with Crippen LogP contribution in [0.4, 0.5) is 0 Å². The molecule has 7 heteroatoms. The van der Waals surface area contributed by atoms with E-state index in [2.05, 4.69) is 26.7 Å². The summed E-state index contributed by atoms with van der Waals surface area (Å²) in [4.78, 5) is 13.5. The Kier molecular flexibility index (Phi) is 5.24. The maximum atomic E-state index is 11.9. The number of amides is 1. The number of hydrogen-bond donors (Lipinski definition) is 2. The zero-order valence-corrected chi connectivity index (χ0v) is 12.5. The van der Waals surface area contributed by atoms with E-state index in [9.17, 15) is 4.79 Å². The van der Waals surface area contributed by atoms with Gasteiger partial charge in [0.2, 0.25) is 0 Å². The summed E-state index contributed by atoms with van der Waals surface area (Å²) in [6, 6.07) is 1.91. The van der Waals surface area contributed by atoms with Gasteiger partial charge >= 0.3 is 0 Å². The van der Waals surface area contributed by atoms with Crippen LogP contribution in [-0.2, 0) is 6.54 Å². The first-order valence-corrected chi connectivity index (χ1v) is 7.61. The zero-order chi connectivity index (χ0) is 14.4. The Balaban J connectivity index is 1.98. The lowest BCUT2D eigenvalue weighted by Gasteiger charge is -2.02. The standard InChI is InChI=1S/C13H13N3O2S2/c1-9-12(20-16-15-9)13(18)14-8-11-10(5-7-19-11)4-2-3-6-17/h5,7,17H,3,6,8H2,1H3,(H,14,18). The molecule has 2 rings (SSSR count). The number of nitrogens with zero attached hydrogens (tertiary/aromatic N) is 2. The lowest BCUT2D eigenvalue weighted by atomic mass is 10.2. The van der Waals surface area contributed by atoms with E-state index in [-0.39, 0.29) is 12.5 Å². The maximum absolute atomic E-state index is 11.9. The van der Waals surface area contributed by atoms with Crippen LogP contribution in [0, 0.1) is 18.8 Å². The Morgan fingerprint density at radius 3 is 3.10 bits per heavy atom. The summed E-state index contributed by atoms with van der Waals surface area (Å²) in [7, 11) is 0. The fraction of sp³-hybridized carbons (Fsp3) is 0.308. The van der Waals surface area contributed by atoms with Gasteiger partial charge in [0.15, 0.2) is 0 Å². The second-order valence-electron chi connectivity index (χ2n) is 3.90. The molecule has 0 atom stereocenters. The van der Waals surface area contributed by atoms with Gasteiger partial charge in [0, 0.05) is 16.9 Å². The van der Waals surface area contributed by atoms with Crippen molar-refractivity contribution in [1.29, 1.82) is 0 Å². The lowest BCUT2D eigenvalue weighted by Crippen LogP contribution is -2.22. The average molecular weight is 307 g/mol. The van der Waals surface area contributed by atoms with Gasteiger partial charge in [0.1, 0.15) is 4.88 Å². The number of thiophene rings is 1. The van der Waals surface area contributed by atoms with Gasteiger partial charge in [-0.15, -0.1) is 16.4 Å². The molecular formula is C13H13N3O2S2. The molecule has 20 heavy (non-hydrogen) atoms. The molecule has 5 nitrogen and oxygen atoms in total. The minimum atomic E-state index is -0.167. The number of carbonyl (C=O) groups is 1. The third kappa shape index (κ3) is 3.63. The van der Waals surface area contributed by atoms with Gasteiger partial charge in [-0.3, -0.25) is 4.79 Å². The number of aryl methyl sites for hydroxylation is 1. The van der Waals surface area contributed by atoms with Crippen molar-refractivity contribution < 1.29 is 9.90 Å². The Morgan fingerprint density at radius 2 is 2.40 bits per heavy atom. The minimum Gasteiger partial charge on any atom is -0.395 e. The molecule has 0 saturated carbocycles. The van der Waals surface area contributed by atoms with E-state index in [4.69, 9.17) is 5.11 Å². The number of aromatic nitrogens is 2. The molecule has 2 N–H and O–H groups in total. The van der Waals surface area contributed by atoms with Crippen LogP contribution in [0.1, 0.15) is 32.2 Å². The Labute approximate surface area is 124 Å². The molecule has 0 unspecified atom stereocenters. The molecule has 2 aromatic heterocycles. The second kappa shape index (κ2) is 7.14. The highest BCUT2D eigenvalue weighted by Crippen LogP contribution is 2.16. The third-order valence-corrected chi connectivity index (χ3v) is 4.22. The fourth-order valence-corrected chi connectivity index (χ4v) is 2.83. The van der Waals surface area contributed by atoms with Crippen molar-refractivity contribution in [2.45, 2.75) is 19.9 Å². The largest absolute Gasteiger partial charge is 0.395 e. The molecule has 0 radical (unpaired) electrons. The van der Waals surface area contributed by atoms with Crippen LogP contribution in [0.15, 0.2) is 11.4 Å². The molecule has 0 bridgehead atoms. The van der Waals surface area contributed by atoms with Gasteiger partial charge in [-0.1, -0.05) is 16.3 Å². The van der Waals surface area contributed by atoms with Crippen molar-refractivity contribution in [1.82, 2.24) is 14.9 Å². The Hall–Kier alpha value is -1.75. The summed E-state index contributed by atoms with van der Waals surface area (Å²) in [6.45, 7) is 2.24. The molecular weight excluding hydrogens is 294 g/mol. The SMILES string of the molecule is Cc1nnsc1C(=O)NCc1sccc1C#CCCO. The topological polar surface area (TPSA) is 75.1 Å². The van der Waals surface area contributed by atoms with Crippen molar-refractivity contribution in [2.24, 2.45) is 0 Å². The van der Waals surface area contributed by atoms with E-state index in [0.717, 1.165) is 22.0 Å². The van der Waals surface area contributed by atoms with E-state index < -0.39 is 0 Å². The van der Waals surface area contributed by atoms with Crippen LogP contribution >= 0.6 is 22.9 Å². The first kappa shape index (κ1) is 14.7. The van der Waals surface area contributed by atoms with E-state index in [0.29, 0.717) is 23.5 Å². The van der Waals surface area contributed by atoms with Crippen LogP contribution < -0.4 is 5.32 Å². The van der Waals surface area contributed by atoms with Crippen molar-refractivity contribution in [2.75, 3.05) is 6.61 Å². The number of rotatable bonds is 4. The summed E-state index contributed by atoms with van der Waals surface area (Å²) < 4.78 is 3.74. The smallest absolute Gasteiger partial charge is 0.265 e. The van der Waals surface area contributed by atoms with E-state index in [1.807, 2.05) is 11.4 Å².